The summed E-state index contributed by atoms with van der Waals surface area (Å²) < 4.78 is 9.10. The average Bonchev–Trinajstić information content (AvgIpc) is 2.64. The molecule has 0 aromatic heterocycles. The van der Waals surface area contributed by atoms with Gasteiger partial charge in [0.15, 0.2) is 0 Å². The molecule has 4 aromatic carbocycles. The fraction of sp³-hybridized carbons (Fsp3) is 0.0909. The summed E-state index contributed by atoms with van der Waals surface area (Å²) in [6.07, 6.45) is 0. The third-order valence-electron chi connectivity index (χ3n) is 4.08. The summed E-state index contributed by atoms with van der Waals surface area (Å²) in [5.41, 5.74) is 2.51. The monoisotopic (exact) mass is 423 g/mol. The normalized spacial score (nSPS) is 10.3. The van der Waals surface area contributed by atoms with Gasteiger partial charge in [-0.1, -0.05) is 86.5 Å². The molecule has 0 amide bonds. The van der Waals surface area contributed by atoms with Gasteiger partial charge in [-0.15, -0.1) is 0 Å². The predicted molar refractivity (Wildman–Crippen MR) is 109 cm³/mol. The van der Waals surface area contributed by atoms with Crippen molar-refractivity contribution >= 4 is 34.8 Å². The Morgan fingerprint density at radius 2 is 1.17 bits per heavy atom. The first-order chi connectivity index (χ1) is 12.9. The molecule has 0 saturated heterocycles. The maximum absolute atomic E-state index is 9.10. The predicted octanol–water partition coefficient (Wildman–Crippen LogP) is -1.86. The zero-order valence-corrected chi connectivity index (χ0v) is 21.9. The van der Waals surface area contributed by atoms with E-state index in [1.807, 2.05) is 0 Å². The van der Waals surface area contributed by atoms with E-state index in [0.717, 1.165) is 6.54 Å². The molecule has 0 bridgehead atoms. The zero-order valence-electron chi connectivity index (χ0n) is 17.0. The van der Waals surface area contributed by atoms with Crippen LogP contribution < -0.4 is 74.2 Å². The van der Waals surface area contributed by atoms with E-state index < -0.39 is 7.60 Å². The summed E-state index contributed by atoms with van der Waals surface area (Å²) in [4.78, 5) is 18.2. The van der Waals surface area contributed by atoms with Gasteiger partial charge in [-0.3, -0.25) is 0 Å². The second-order valence-electron chi connectivity index (χ2n) is 6.30. The summed E-state index contributed by atoms with van der Waals surface area (Å²) in [6.45, 7) is 1.46. The van der Waals surface area contributed by atoms with Gasteiger partial charge in [0.2, 0.25) is 0 Å². The number of hydrogen-bond acceptors (Lipinski definition) is 4. The Kier molecular flexibility index (Phi) is 11.2. The van der Waals surface area contributed by atoms with Crippen LogP contribution in [0.4, 0.5) is 5.69 Å². The van der Waals surface area contributed by atoms with Crippen LogP contribution in [0.15, 0.2) is 84.9 Å². The molecule has 0 saturated carbocycles. The smallest absolute Gasteiger partial charge is 0.811 e. The first-order valence-corrected chi connectivity index (χ1v) is 10.6. The first-order valence-electron chi connectivity index (χ1n) is 8.59. The number of nitrogens with one attached hydrogen (secondary N) is 1. The van der Waals surface area contributed by atoms with Gasteiger partial charge < -0.3 is 19.7 Å². The molecule has 0 fully saturated rings. The molecular formula is C22H20NNa2O3P. The Hall–Kier alpha value is -0.650. The van der Waals surface area contributed by atoms with E-state index in [1.165, 1.54) is 32.8 Å². The molecule has 138 valence electrons. The molecule has 1 N–H and O–H groups in total. The molecule has 0 aliphatic carbocycles. The minimum Gasteiger partial charge on any atom is -0.811 e. The topological polar surface area (TPSA) is 75.2 Å². The van der Waals surface area contributed by atoms with E-state index in [-0.39, 0.29) is 59.1 Å². The Morgan fingerprint density at radius 1 is 0.759 bits per heavy atom. The van der Waals surface area contributed by atoms with E-state index in [0.29, 0.717) is 6.66 Å². The van der Waals surface area contributed by atoms with E-state index in [4.69, 9.17) is 14.4 Å². The van der Waals surface area contributed by atoms with Crippen LogP contribution in [0.3, 0.4) is 0 Å². The van der Waals surface area contributed by atoms with Gasteiger partial charge in [0.1, 0.15) is 0 Å². The number of benzene rings is 4. The molecule has 0 atom stereocenters. The molecule has 0 radical (unpaired) electrons. The average molecular weight is 423 g/mol. The molecule has 0 heterocycles. The standard InChI is InChI=1S/C21H17N.CH5O3P.2Na/c1-2-8-16(9-3-1)15-22-21-19-12-6-4-10-17(19)14-18-11-5-7-13-20(18)21;1-5(2,3)4;;/h1-14,22H,15H2;1H3,(H2,2,3,4);;/q;;2*+1/p-2. The molecular weight excluding hydrogens is 403 g/mol. The van der Waals surface area contributed by atoms with Gasteiger partial charge in [-0.25, -0.2) is 0 Å². The van der Waals surface area contributed by atoms with Crippen LogP contribution in [0, 0.1) is 0 Å². The molecule has 0 unspecified atom stereocenters. The van der Waals surface area contributed by atoms with Gasteiger partial charge in [0.05, 0.1) is 5.69 Å². The molecule has 7 heteroatoms. The van der Waals surface area contributed by atoms with Crippen molar-refractivity contribution in [2.45, 2.75) is 6.54 Å². The summed E-state index contributed by atoms with van der Waals surface area (Å²) >= 11 is 0. The van der Waals surface area contributed by atoms with Crippen molar-refractivity contribution in [1.29, 1.82) is 0 Å². The van der Waals surface area contributed by atoms with Crippen LogP contribution in [-0.2, 0) is 11.1 Å². The van der Waals surface area contributed by atoms with E-state index in [2.05, 4.69) is 90.2 Å². The molecule has 4 nitrogen and oxygen atoms in total. The Balaban J connectivity index is 0.000000542. The minimum atomic E-state index is -4.14. The van der Waals surface area contributed by atoms with Crippen LogP contribution in [0.1, 0.15) is 5.56 Å². The van der Waals surface area contributed by atoms with E-state index in [9.17, 15) is 0 Å². The summed E-state index contributed by atoms with van der Waals surface area (Å²) in [7, 11) is -4.14. The molecule has 0 spiro atoms. The van der Waals surface area contributed by atoms with Gasteiger partial charge in [-0.2, -0.15) is 0 Å². The number of anilines is 1. The van der Waals surface area contributed by atoms with Crippen LogP contribution in [0.5, 0.6) is 0 Å². The van der Waals surface area contributed by atoms with Gasteiger partial charge in [0.25, 0.3) is 0 Å². The SMILES string of the molecule is CP(=O)([O-])[O-].[Na+].[Na+].c1ccc(CNc2c3ccccc3cc3ccccc23)cc1. The molecule has 0 aliphatic heterocycles. The summed E-state index contributed by atoms with van der Waals surface area (Å²) in [5, 5.41) is 8.75. The van der Waals surface area contributed by atoms with Crippen LogP contribution in [-0.4, -0.2) is 6.66 Å². The third-order valence-corrected chi connectivity index (χ3v) is 4.08. The molecule has 4 aromatic rings. The van der Waals surface area contributed by atoms with Crippen LogP contribution >= 0.6 is 7.60 Å². The van der Waals surface area contributed by atoms with Crippen molar-refractivity contribution in [3.05, 3.63) is 90.5 Å². The fourth-order valence-electron chi connectivity index (χ4n) is 2.99. The number of rotatable bonds is 3. The molecule has 29 heavy (non-hydrogen) atoms. The maximum Gasteiger partial charge on any atom is 1.00 e. The van der Waals surface area contributed by atoms with Crippen molar-refractivity contribution in [3.63, 3.8) is 0 Å². The second kappa shape index (κ2) is 12.3. The van der Waals surface area contributed by atoms with Gasteiger partial charge >= 0.3 is 59.1 Å². The molecule has 0 aliphatic rings. The summed E-state index contributed by atoms with van der Waals surface area (Å²) in [5.74, 6) is 0. The van der Waals surface area contributed by atoms with Crippen molar-refractivity contribution in [3.8, 4) is 0 Å². The van der Waals surface area contributed by atoms with E-state index >= 15 is 0 Å². The van der Waals surface area contributed by atoms with Gasteiger partial charge in [-0.05, 0) is 29.1 Å². The quantitative estimate of drug-likeness (QED) is 0.238. The maximum atomic E-state index is 9.10. The largest absolute Gasteiger partial charge is 1.00 e. The number of hydrogen-bond donors (Lipinski definition) is 1. The Labute approximate surface area is 215 Å². The van der Waals surface area contributed by atoms with Gasteiger partial charge in [0, 0.05) is 17.3 Å². The Morgan fingerprint density at radius 3 is 1.66 bits per heavy atom. The summed E-state index contributed by atoms with van der Waals surface area (Å²) in [6, 6.07) is 29.9. The molecule has 4 rings (SSSR count). The Bertz CT molecular complexity index is 1040. The zero-order chi connectivity index (χ0) is 19.3. The minimum absolute atomic E-state index is 0. The van der Waals surface area contributed by atoms with Crippen molar-refractivity contribution in [1.82, 2.24) is 0 Å². The van der Waals surface area contributed by atoms with Crippen LogP contribution in [0.25, 0.3) is 21.5 Å². The second-order valence-corrected chi connectivity index (χ2v) is 7.85. The van der Waals surface area contributed by atoms with Crippen LogP contribution in [0.2, 0.25) is 0 Å². The van der Waals surface area contributed by atoms with Crippen molar-refractivity contribution in [2.24, 2.45) is 0 Å². The van der Waals surface area contributed by atoms with Crippen molar-refractivity contribution in [2.75, 3.05) is 12.0 Å². The number of fused-ring (bicyclic) bond motifs is 2. The van der Waals surface area contributed by atoms with Crippen molar-refractivity contribution < 1.29 is 73.5 Å². The fourth-order valence-corrected chi connectivity index (χ4v) is 2.99. The van der Waals surface area contributed by atoms with E-state index in [1.54, 1.807) is 0 Å². The first kappa shape index (κ1) is 26.4. The third kappa shape index (κ3) is 8.18.